The molecule has 3 rings (SSSR count). The Kier molecular flexibility index (Phi) is 5.98. The third kappa shape index (κ3) is 4.69. The number of imidazole rings is 1. The van der Waals surface area contributed by atoms with Crippen LogP contribution in [0, 0.1) is 5.82 Å². The summed E-state index contributed by atoms with van der Waals surface area (Å²) in [6.45, 7) is 3.90. The van der Waals surface area contributed by atoms with Crippen LogP contribution in [0.25, 0.3) is 5.69 Å². The highest BCUT2D eigenvalue weighted by atomic mass is 19.1. The van der Waals surface area contributed by atoms with Gasteiger partial charge < -0.3 is 15.2 Å². The maximum absolute atomic E-state index is 13.0. The molecule has 26 heavy (non-hydrogen) atoms. The van der Waals surface area contributed by atoms with Crippen LogP contribution < -0.4 is 10.6 Å². The van der Waals surface area contributed by atoms with E-state index in [1.165, 1.54) is 12.1 Å². The zero-order chi connectivity index (χ0) is 18.2. The number of aliphatic imine (C=N–C) groups is 1. The van der Waals surface area contributed by atoms with Gasteiger partial charge in [-0.2, -0.15) is 0 Å². The number of aromatic nitrogens is 2. The van der Waals surface area contributed by atoms with E-state index in [1.54, 1.807) is 24.7 Å². The van der Waals surface area contributed by atoms with E-state index >= 15 is 0 Å². The van der Waals surface area contributed by atoms with Crippen molar-refractivity contribution >= 4 is 5.96 Å². The first-order valence-electron chi connectivity index (χ1n) is 8.59. The molecular weight excluding hydrogens is 329 g/mol. The Balaban J connectivity index is 1.69. The molecule has 0 unspecified atom stereocenters. The first-order chi connectivity index (χ1) is 12.8. The quantitative estimate of drug-likeness (QED) is 0.529. The minimum atomic E-state index is -0.237. The van der Waals surface area contributed by atoms with Gasteiger partial charge in [-0.15, -0.1) is 0 Å². The maximum Gasteiger partial charge on any atom is 0.191 e. The first kappa shape index (κ1) is 17.7. The molecule has 2 aromatic carbocycles. The number of hydrogen-bond acceptors (Lipinski definition) is 2. The van der Waals surface area contributed by atoms with Crippen molar-refractivity contribution in [2.75, 3.05) is 6.54 Å². The lowest BCUT2D eigenvalue weighted by atomic mass is 10.1. The Bertz CT molecular complexity index is 841. The Morgan fingerprint density at radius 1 is 1.12 bits per heavy atom. The monoisotopic (exact) mass is 351 g/mol. The SMILES string of the molecule is CCNC(=NCc1ccc(F)cc1)NCc1ccccc1-n1ccnc1. The van der Waals surface area contributed by atoms with Crippen molar-refractivity contribution in [2.24, 2.45) is 4.99 Å². The first-order valence-corrected chi connectivity index (χ1v) is 8.59. The number of para-hydroxylation sites is 1. The number of benzene rings is 2. The maximum atomic E-state index is 13.0. The Morgan fingerprint density at radius 3 is 2.65 bits per heavy atom. The zero-order valence-corrected chi connectivity index (χ0v) is 14.7. The van der Waals surface area contributed by atoms with Crippen LogP contribution in [0.2, 0.25) is 0 Å². The molecule has 3 aromatic rings. The summed E-state index contributed by atoms with van der Waals surface area (Å²) in [5, 5.41) is 6.59. The van der Waals surface area contributed by atoms with E-state index in [0.29, 0.717) is 13.1 Å². The molecule has 5 nitrogen and oxygen atoms in total. The topological polar surface area (TPSA) is 54.2 Å². The summed E-state index contributed by atoms with van der Waals surface area (Å²) in [6, 6.07) is 14.5. The summed E-state index contributed by atoms with van der Waals surface area (Å²) in [6.07, 6.45) is 5.47. The van der Waals surface area contributed by atoms with Gasteiger partial charge in [0.1, 0.15) is 5.82 Å². The third-order valence-electron chi connectivity index (χ3n) is 3.90. The number of hydrogen-bond donors (Lipinski definition) is 2. The minimum absolute atomic E-state index is 0.237. The number of halogens is 1. The van der Waals surface area contributed by atoms with Crippen LogP contribution in [-0.4, -0.2) is 22.1 Å². The second-order valence-electron chi connectivity index (χ2n) is 5.77. The van der Waals surface area contributed by atoms with E-state index < -0.39 is 0 Å². The van der Waals surface area contributed by atoms with Crippen LogP contribution in [0.5, 0.6) is 0 Å². The highest BCUT2D eigenvalue weighted by Gasteiger charge is 2.05. The fourth-order valence-corrected chi connectivity index (χ4v) is 2.59. The van der Waals surface area contributed by atoms with Gasteiger partial charge in [-0.1, -0.05) is 30.3 Å². The largest absolute Gasteiger partial charge is 0.357 e. The van der Waals surface area contributed by atoms with Gasteiger partial charge >= 0.3 is 0 Å². The lowest BCUT2D eigenvalue weighted by Gasteiger charge is -2.14. The average molecular weight is 351 g/mol. The standard InChI is InChI=1S/C20H22FN5/c1-2-23-20(24-13-16-7-9-18(21)10-8-16)25-14-17-5-3-4-6-19(17)26-12-11-22-15-26/h3-12,15H,2,13-14H2,1H3,(H2,23,24,25). The van der Waals surface area contributed by atoms with Crippen molar-refractivity contribution in [1.29, 1.82) is 0 Å². The third-order valence-corrected chi connectivity index (χ3v) is 3.90. The fourth-order valence-electron chi connectivity index (χ4n) is 2.59. The van der Waals surface area contributed by atoms with Gasteiger partial charge in [-0.3, -0.25) is 0 Å². The molecule has 0 fully saturated rings. The van der Waals surface area contributed by atoms with Gasteiger partial charge in [-0.25, -0.2) is 14.4 Å². The van der Waals surface area contributed by atoms with Crippen LogP contribution in [-0.2, 0) is 13.1 Å². The molecule has 0 spiro atoms. The summed E-state index contributed by atoms with van der Waals surface area (Å²) >= 11 is 0. The highest BCUT2D eigenvalue weighted by Crippen LogP contribution is 2.13. The van der Waals surface area contributed by atoms with Crippen molar-refractivity contribution in [3.05, 3.63) is 84.2 Å². The Labute approximate surface area is 152 Å². The van der Waals surface area contributed by atoms with E-state index in [9.17, 15) is 4.39 Å². The van der Waals surface area contributed by atoms with Gasteiger partial charge in [-0.05, 0) is 36.2 Å². The highest BCUT2D eigenvalue weighted by molar-refractivity contribution is 5.79. The summed E-state index contributed by atoms with van der Waals surface area (Å²) in [7, 11) is 0. The lowest BCUT2D eigenvalue weighted by Crippen LogP contribution is -2.37. The van der Waals surface area contributed by atoms with Gasteiger partial charge in [0.15, 0.2) is 5.96 Å². The van der Waals surface area contributed by atoms with E-state index in [0.717, 1.165) is 29.3 Å². The van der Waals surface area contributed by atoms with E-state index in [2.05, 4.69) is 32.7 Å². The molecule has 0 aliphatic carbocycles. The number of guanidine groups is 1. The predicted octanol–water partition coefficient (Wildman–Crippen LogP) is 3.27. The minimum Gasteiger partial charge on any atom is -0.357 e. The summed E-state index contributed by atoms with van der Waals surface area (Å²) in [5.41, 5.74) is 3.17. The Morgan fingerprint density at radius 2 is 1.92 bits per heavy atom. The van der Waals surface area contributed by atoms with Gasteiger partial charge in [0.2, 0.25) is 0 Å². The molecule has 0 aliphatic heterocycles. The Hall–Kier alpha value is -3.15. The van der Waals surface area contributed by atoms with Crippen molar-refractivity contribution < 1.29 is 4.39 Å². The van der Waals surface area contributed by atoms with E-state index in [4.69, 9.17) is 0 Å². The molecule has 0 saturated heterocycles. The van der Waals surface area contributed by atoms with Crippen LogP contribution in [0.15, 0.2) is 72.2 Å². The number of nitrogens with zero attached hydrogens (tertiary/aromatic N) is 3. The van der Waals surface area contributed by atoms with E-state index in [-0.39, 0.29) is 5.82 Å². The predicted molar refractivity (Wildman–Crippen MR) is 102 cm³/mol. The molecule has 0 bridgehead atoms. The molecule has 0 saturated carbocycles. The van der Waals surface area contributed by atoms with Crippen LogP contribution in [0.3, 0.4) is 0 Å². The molecular formula is C20H22FN5. The van der Waals surface area contributed by atoms with Crippen molar-refractivity contribution in [3.63, 3.8) is 0 Å². The molecule has 134 valence electrons. The van der Waals surface area contributed by atoms with Gasteiger partial charge in [0, 0.05) is 25.5 Å². The molecule has 0 atom stereocenters. The van der Waals surface area contributed by atoms with Gasteiger partial charge in [0.05, 0.1) is 18.6 Å². The van der Waals surface area contributed by atoms with Crippen LogP contribution >= 0.6 is 0 Å². The molecule has 1 aromatic heterocycles. The fraction of sp³-hybridized carbons (Fsp3) is 0.200. The summed E-state index contributed by atoms with van der Waals surface area (Å²) in [4.78, 5) is 8.69. The molecule has 6 heteroatoms. The smallest absolute Gasteiger partial charge is 0.191 e. The normalized spacial score (nSPS) is 11.4. The van der Waals surface area contributed by atoms with Crippen LogP contribution in [0.1, 0.15) is 18.1 Å². The summed E-state index contributed by atoms with van der Waals surface area (Å²) in [5.74, 6) is 0.483. The molecule has 0 aliphatic rings. The second kappa shape index (κ2) is 8.80. The van der Waals surface area contributed by atoms with Crippen molar-refractivity contribution in [2.45, 2.75) is 20.0 Å². The molecule has 0 amide bonds. The number of nitrogens with one attached hydrogen (secondary N) is 2. The summed E-state index contributed by atoms with van der Waals surface area (Å²) < 4.78 is 15.0. The molecule has 1 heterocycles. The van der Waals surface area contributed by atoms with Crippen LogP contribution in [0.4, 0.5) is 4.39 Å². The van der Waals surface area contributed by atoms with Crippen molar-refractivity contribution in [3.8, 4) is 5.69 Å². The van der Waals surface area contributed by atoms with Gasteiger partial charge in [0.25, 0.3) is 0 Å². The lowest BCUT2D eigenvalue weighted by molar-refractivity contribution is 0.627. The zero-order valence-electron chi connectivity index (χ0n) is 14.7. The second-order valence-corrected chi connectivity index (χ2v) is 5.77. The molecule has 2 N–H and O–H groups in total. The average Bonchev–Trinajstić information content (AvgIpc) is 3.20. The number of rotatable bonds is 6. The van der Waals surface area contributed by atoms with Crippen molar-refractivity contribution in [1.82, 2.24) is 20.2 Å². The molecule has 0 radical (unpaired) electrons. The van der Waals surface area contributed by atoms with E-state index in [1.807, 2.05) is 29.8 Å².